The molecule has 29 heavy (non-hydrogen) atoms. The summed E-state index contributed by atoms with van der Waals surface area (Å²) in [7, 11) is 0. The van der Waals surface area contributed by atoms with E-state index in [1.165, 1.54) is 24.3 Å². The van der Waals surface area contributed by atoms with Crippen LogP contribution in [0.15, 0.2) is 60.7 Å². The number of benzene rings is 2. The lowest BCUT2D eigenvalue weighted by Gasteiger charge is -2.23. The third-order valence-corrected chi connectivity index (χ3v) is 4.51. The number of carbonyl (C=O) groups is 1. The van der Waals surface area contributed by atoms with Gasteiger partial charge in [-0.3, -0.25) is 4.79 Å². The molecular formula is C22H22F3NO3. The zero-order valence-corrected chi connectivity index (χ0v) is 15.7. The van der Waals surface area contributed by atoms with Crippen LogP contribution < -0.4 is 10.1 Å². The number of carbonyl (C=O) groups excluding carboxylic acids is 1. The maximum atomic E-state index is 13.4. The normalized spacial score (nSPS) is 17.6. The van der Waals surface area contributed by atoms with Crippen LogP contribution in [0.3, 0.4) is 0 Å². The number of ether oxygens (including phenoxy) is 2. The summed E-state index contributed by atoms with van der Waals surface area (Å²) in [6, 6.07) is 13.9. The highest BCUT2D eigenvalue weighted by Gasteiger charge is 2.35. The van der Waals surface area contributed by atoms with E-state index in [1.54, 1.807) is 30.3 Å². The van der Waals surface area contributed by atoms with Crippen LogP contribution in [0.1, 0.15) is 24.8 Å². The lowest BCUT2D eigenvalue weighted by Crippen LogP contribution is -2.26. The second-order valence-electron chi connectivity index (χ2n) is 6.71. The molecule has 4 nitrogen and oxygen atoms in total. The van der Waals surface area contributed by atoms with Gasteiger partial charge in [-0.25, -0.2) is 0 Å². The van der Waals surface area contributed by atoms with Gasteiger partial charge in [0.15, 0.2) is 0 Å². The number of para-hydroxylation sites is 2. The van der Waals surface area contributed by atoms with E-state index in [9.17, 15) is 18.0 Å². The number of hydrogen-bond acceptors (Lipinski definition) is 3. The van der Waals surface area contributed by atoms with Gasteiger partial charge in [-0.2, -0.15) is 13.2 Å². The molecule has 1 aliphatic rings. The first kappa shape index (κ1) is 20.9. The Balaban J connectivity index is 1.73. The van der Waals surface area contributed by atoms with Crippen molar-refractivity contribution in [3.63, 3.8) is 0 Å². The van der Waals surface area contributed by atoms with Crippen LogP contribution >= 0.6 is 0 Å². The molecule has 2 aromatic rings. The first-order chi connectivity index (χ1) is 13.9. The van der Waals surface area contributed by atoms with Gasteiger partial charge in [0.05, 0.1) is 17.4 Å². The smallest absolute Gasteiger partial charge is 0.417 e. The maximum Gasteiger partial charge on any atom is 0.417 e. The van der Waals surface area contributed by atoms with Crippen LogP contribution in [-0.2, 0) is 9.53 Å². The van der Waals surface area contributed by atoms with Crippen LogP contribution in [0.5, 0.6) is 5.75 Å². The molecule has 0 aliphatic carbocycles. The highest BCUT2D eigenvalue weighted by Crippen LogP contribution is 2.34. The van der Waals surface area contributed by atoms with Crippen molar-refractivity contribution in [1.29, 1.82) is 0 Å². The highest BCUT2D eigenvalue weighted by atomic mass is 19.4. The molecular weight excluding hydrogens is 383 g/mol. The molecule has 7 heteroatoms. The minimum Gasteiger partial charge on any atom is -0.489 e. The number of hydrogen-bond donors (Lipinski definition) is 1. The molecule has 1 amide bonds. The lowest BCUT2D eigenvalue weighted by molar-refractivity contribution is -0.112. The van der Waals surface area contributed by atoms with Crippen molar-refractivity contribution in [3.05, 3.63) is 66.2 Å². The largest absolute Gasteiger partial charge is 0.489 e. The van der Waals surface area contributed by atoms with Crippen LogP contribution in [-0.4, -0.2) is 31.4 Å². The van der Waals surface area contributed by atoms with Gasteiger partial charge in [-0.15, -0.1) is 0 Å². The van der Waals surface area contributed by atoms with E-state index < -0.39 is 17.7 Å². The van der Waals surface area contributed by atoms with E-state index in [-0.39, 0.29) is 11.7 Å². The molecule has 1 saturated heterocycles. The zero-order valence-electron chi connectivity index (χ0n) is 15.7. The monoisotopic (exact) mass is 405 g/mol. The van der Waals surface area contributed by atoms with E-state index in [1.807, 2.05) is 0 Å². The molecule has 0 radical (unpaired) electrons. The molecule has 1 heterocycles. The van der Waals surface area contributed by atoms with E-state index >= 15 is 0 Å². The van der Waals surface area contributed by atoms with Gasteiger partial charge in [-0.1, -0.05) is 42.5 Å². The van der Waals surface area contributed by atoms with Crippen molar-refractivity contribution in [3.8, 4) is 5.75 Å². The van der Waals surface area contributed by atoms with Crippen LogP contribution in [0.2, 0.25) is 0 Å². The fraction of sp³-hybridized carbons (Fsp3) is 0.318. The quantitative estimate of drug-likeness (QED) is 0.671. The summed E-state index contributed by atoms with van der Waals surface area (Å²) in [6.45, 7) is 1.01. The number of alkyl halides is 3. The molecule has 1 atom stereocenters. The molecule has 1 N–H and O–H groups in total. The molecule has 1 aliphatic heterocycles. The average molecular weight is 405 g/mol. The van der Waals surface area contributed by atoms with Crippen molar-refractivity contribution in [2.75, 3.05) is 18.5 Å². The van der Waals surface area contributed by atoms with Crippen molar-refractivity contribution < 1.29 is 27.4 Å². The fourth-order valence-corrected chi connectivity index (χ4v) is 3.06. The fourth-order valence-electron chi connectivity index (χ4n) is 3.06. The number of anilines is 1. The second kappa shape index (κ2) is 9.60. The summed E-state index contributed by atoms with van der Waals surface area (Å²) in [6.07, 6.45) is -1.13. The third-order valence-electron chi connectivity index (χ3n) is 4.51. The standard InChI is InChI=1S/C22H22F3NO3/c23-22(24,25)18(16-8-2-1-3-9-16)14-21(27)26-19-11-4-5-12-20(19)29-15-17-10-6-7-13-28-17/h1-5,8-9,11-12,14,17H,6-7,10,13,15H2,(H,26,27)/b18-14+. The summed E-state index contributed by atoms with van der Waals surface area (Å²) < 4.78 is 51.6. The molecule has 0 spiro atoms. The molecule has 2 aromatic carbocycles. The van der Waals surface area contributed by atoms with Gasteiger partial charge in [0.2, 0.25) is 5.91 Å². The van der Waals surface area contributed by atoms with Gasteiger partial charge < -0.3 is 14.8 Å². The molecule has 3 rings (SSSR count). The summed E-state index contributed by atoms with van der Waals surface area (Å²) in [5.41, 5.74) is -0.780. The third kappa shape index (κ3) is 6.09. The first-order valence-electron chi connectivity index (χ1n) is 9.42. The Kier molecular flexibility index (Phi) is 6.93. The number of rotatable bonds is 6. The van der Waals surface area contributed by atoms with Gasteiger partial charge in [-0.05, 0) is 37.0 Å². The predicted octanol–water partition coefficient (Wildman–Crippen LogP) is 5.22. The molecule has 1 unspecified atom stereocenters. The summed E-state index contributed by atoms with van der Waals surface area (Å²) in [4.78, 5) is 12.3. The van der Waals surface area contributed by atoms with Crippen molar-refractivity contribution >= 4 is 17.2 Å². The molecule has 1 fully saturated rings. The van der Waals surface area contributed by atoms with Crippen LogP contribution in [0.4, 0.5) is 18.9 Å². The second-order valence-corrected chi connectivity index (χ2v) is 6.71. The van der Waals surface area contributed by atoms with Gasteiger partial charge in [0.1, 0.15) is 12.4 Å². The minimum atomic E-state index is -4.66. The van der Waals surface area contributed by atoms with Crippen LogP contribution in [0, 0.1) is 0 Å². The average Bonchev–Trinajstić information content (AvgIpc) is 2.72. The van der Waals surface area contributed by atoms with Gasteiger partial charge in [0.25, 0.3) is 0 Å². The SMILES string of the molecule is O=C(/C=C(\c1ccccc1)C(F)(F)F)Nc1ccccc1OCC1CCCCO1. The Morgan fingerprint density at radius 1 is 1.10 bits per heavy atom. The van der Waals surface area contributed by atoms with Crippen molar-refractivity contribution in [2.24, 2.45) is 0 Å². The Hall–Kier alpha value is -2.80. The first-order valence-corrected chi connectivity index (χ1v) is 9.42. The Bertz CT molecular complexity index is 844. The Morgan fingerprint density at radius 3 is 2.52 bits per heavy atom. The summed E-state index contributed by atoms with van der Waals surface area (Å²) >= 11 is 0. The number of allylic oxidation sites excluding steroid dienone is 1. The minimum absolute atomic E-state index is 0.0256. The van der Waals surface area contributed by atoms with E-state index in [4.69, 9.17) is 9.47 Å². The van der Waals surface area contributed by atoms with E-state index in [2.05, 4.69) is 5.32 Å². The number of amides is 1. The number of halogens is 3. The molecule has 0 saturated carbocycles. The lowest BCUT2D eigenvalue weighted by atomic mass is 10.1. The Morgan fingerprint density at radius 2 is 1.83 bits per heavy atom. The van der Waals surface area contributed by atoms with Gasteiger partial charge in [0, 0.05) is 12.7 Å². The molecule has 0 aromatic heterocycles. The number of nitrogens with one attached hydrogen (secondary N) is 1. The zero-order chi connectivity index (χ0) is 20.7. The van der Waals surface area contributed by atoms with Gasteiger partial charge >= 0.3 is 6.18 Å². The summed E-state index contributed by atoms with van der Waals surface area (Å²) in [5, 5.41) is 2.49. The molecule has 0 bridgehead atoms. The van der Waals surface area contributed by atoms with Crippen molar-refractivity contribution in [2.45, 2.75) is 31.5 Å². The van der Waals surface area contributed by atoms with E-state index in [0.717, 1.165) is 19.3 Å². The maximum absolute atomic E-state index is 13.4. The van der Waals surface area contributed by atoms with Crippen molar-refractivity contribution in [1.82, 2.24) is 0 Å². The highest BCUT2D eigenvalue weighted by molar-refractivity contribution is 6.05. The summed E-state index contributed by atoms with van der Waals surface area (Å²) in [5.74, 6) is -0.497. The topological polar surface area (TPSA) is 47.6 Å². The molecule has 154 valence electrons. The Labute approximate surface area is 167 Å². The van der Waals surface area contributed by atoms with E-state index in [0.29, 0.717) is 30.7 Å². The predicted molar refractivity (Wildman–Crippen MR) is 105 cm³/mol. The van der Waals surface area contributed by atoms with Crippen LogP contribution in [0.25, 0.3) is 5.57 Å².